The normalized spacial score (nSPS) is 19.0. The first-order valence-electron chi connectivity index (χ1n) is 1.82. The fraction of sp³-hybridized carbons (Fsp3) is 0. The van der Waals surface area contributed by atoms with Gasteiger partial charge in [0, 0.05) is 0 Å². The summed E-state index contributed by atoms with van der Waals surface area (Å²) < 4.78 is 0. The Morgan fingerprint density at radius 1 is 0.500 bits per heavy atom. The highest BCUT2D eigenvalue weighted by Gasteiger charge is 2.29. The van der Waals surface area contributed by atoms with Crippen LogP contribution >= 0.6 is 48.9 Å². The summed E-state index contributed by atoms with van der Waals surface area (Å²) in [4.78, 5) is 2.39. The molecule has 0 aromatic rings. The summed E-state index contributed by atoms with van der Waals surface area (Å²) in [6, 6.07) is 0. The van der Waals surface area contributed by atoms with Crippen molar-refractivity contribution in [3.63, 3.8) is 0 Å². The zero-order valence-electron chi connectivity index (χ0n) is 3.63. The van der Waals surface area contributed by atoms with Crippen LogP contribution in [0.1, 0.15) is 0 Å². The Kier molecular flexibility index (Phi) is 1.58. The molecule has 0 aromatic carbocycles. The van der Waals surface area contributed by atoms with Crippen LogP contribution in [0, 0.1) is 0 Å². The van der Waals surface area contributed by atoms with Crippen molar-refractivity contribution in [3.05, 3.63) is 0 Å². The first-order chi connectivity index (χ1) is 3.64. The molecule has 0 spiro atoms. The minimum Gasteiger partial charge on any atom is -0.0768 e. The Hall–Kier alpha value is 0.360. The Morgan fingerprint density at radius 3 is 0.750 bits per heavy atom. The van der Waals surface area contributed by atoms with Crippen LogP contribution in [-0.2, 0) is 0 Å². The highest BCUT2D eigenvalue weighted by Crippen LogP contribution is 2.08. The molecule has 0 aliphatic heterocycles. The third-order valence-corrected chi connectivity index (χ3v) is 2.97. The lowest BCUT2D eigenvalue weighted by Gasteiger charge is -2.16. The predicted octanol–water partition coefficient (Wildman–Crippen LogP) is 1.48. The fourth-order valence-corrected chi connectivity index (χ4v) is 1.42. The van der Waals surface area contributed by atoms with E-state index in [2.05, 4.69) is 0 Å². The summed E-state index contributed by atoms with van der Waals surface area (Å²) >= 11 is 18.9. The van der Waals surface area contributed by atoms with E-state index in [9.17, 15) is 0 Å². The molecule has 1 aliphatic rings. The number of thiocarbonyl (C=S) groups is 4. The van der Waals surface area contributed by atoms with Crippen molar-refractivity contribution in [2.24, 2.45) is 0 Å². The molecule has 0 aromatic heterocycles. The summed E-state index contributed by atoms with van der Waals surface area (Å²) in [6.45, 7) is 0. The molecule has 0 radical (unpaired) electrons. The van der Waals surface area contributed by atoms with E-state index in [1.54, 1.807) is 0 Å². The van der Waals surface area contributed by atoms with Crippen molar-refractivity contribution in [1.82, 2.24) is 0 Å². The third kappa shape index (κ3) is 0.683. The van der Waals surface area contributed by atoms with Crippen LogP contribution in [-0.4, -0.2) is 19.5 Å². The number of rotatable bonds is 0. The van der Waals surface area contributed by atoms with Gasteiger partial charge >= 0.3 is 0 Å². The number of hydrogen-bond donors (Lipinski definition) is 0. The van der Waals surface area contributed by atoms with E-state index in [1.165, 1.54) is 0 Å². The van der Waals surface area contributed by atoms with E-state index in [-0.39, 0.29) is 0 Å². The Morgan fingerprint density at radius 2 is 0.625 bits per heavy atom. The first kappa shape index (κ1) is 6.48. The van der Waals surface area contributed by atoms with Crippen molar-refractivity contribution in [2.75, 3.05) is 0 Å². The average Bonchev–Trinajstić information content (AvgIpc) is 1.83. The first-order valence-corrected chi connectivity index (χ1v) is 3.45. The monoisotopic (exact) mass is 176 g/mol. The van der Waals surface area contributed by atoms with Gasteiger partial charge in [0.05, 0.1) is 19.5 Å². The SMILES string of the molecule is S=C1C(=S)C(=S)C1=S. The topological polar surface area (TPSA) is 0 Å². The minimum absolute atomic E-state index is 0.597. The molecule has 0 amide bonds. The lowest BCUT2D eigenvalue weighted by atomic mass is 9.99. The second kappa shape index (κ2) is 1.95. The van der Waals surface area contributed by atoms with Crippen LogP contribution in [0.5, 0.6) is 0 Å². The highest BCUT2D eigenvalue weighted by atomic mass is 32.1. The zero-order chi connectivity index (χ0) is 6.31. The van der Waals surface area contributed by atoms with Gasteiger partial charge in [0.15, 0.2) is 0 Å². The van der Waals surface area contributed by atoms with Gasteiger partial charge < -0.3 is 0 Å². The maximum absolute atomic E-state index is 4.74. The second-order valence-corrected chi connectivity index (χ2v) is 2.95. The fourth-order valence-electron chi connectivity index (χ4n) is 0.350. The second-order valence-electron chi connectivity index (χ2n) is 1.32. The van der Waals surface area contributed by atoms with E-state index in [0.29, 0.717) is 19.5 Å². The van der Waals surface area contributed by atoms with Gasteiger partial charge in [0.2, 0.25) is 0 Å². The molecule has 1 aliphatic carbocycles. The molecule has 0 heterocycles. The molecule has 0 saturated heterocycles. The van der Waals surface area contributed by atoms with Crippen molar-refractivity contribution in [3.8, 4) is 0 Å². The van der Waals surface area contributed by atoms with Crippen LogP contribution in [0.25, 0.3) is 0 Å². The molecule has 0 bridgehead atoms. The lowest BCUT2D eigenvalue weighted by Crippen LogP contribution is -2.44. The summed E-state index contributed by atoms with van der Waals surface area (Å²) in [6.07, 6.45) is 0. The van der Waals surface area contributed by atoms with E-state index < -0.39 is 0 Å². The molecule has 1 rings (SSSR count). The summed E-state index contributed by atoms with van der Waals surface area (Å²) in [5, 5.41) is 0. The van der Waals surface area contributed by atoms with Gasteiger partial charge in [-0.3, -0.25) is 0 Å². The van der Waals surface area contributed by atoms with Crippen LogP contribution in [0.2, 0.25) is 0 Å². The van der Waals surface area contributed by atoms with Gasteiger partial charge in [-0.2, -0.15) is 0 Å². The van der Waals surface area contributed by atoms with Gasteiger partial charge in [0.25, 0.3) is 0 Å². The van der Waals surface area contributed by atoms with Gasteiger partial charge in [0.1, 0.15) is 0 Å². The smallest absolute Gasteiger partial charge is 0.0768 e. The quantitative estimate of drug-likeness (QED) is 0.512. The van der Waals surface area contributed by atoms with Crippen molar-refractivity contribution < 1.29 is 0 Å². The molecule has 0 atom stereocenters. The Balaban J connectivity index is 3.00. The van der Waals surface area contributed by atoms with Crippen molar-refractivity contribution in [2.45, 2.75) is 0 Å². The van der Waals surface area contributed by atoms with E-state index in [1.807, 2.05) is 0 Å². The van der Waals surface area contributed by atoms with Crippen molar-refractivity contribution >= 4 is 68.3 Å². The summed E-state index contributed by atoms with van der Waals surface area (Å²) in [7, 11) is 0. The minimum atomic E-state index is 0.597. The molecular weight excluding hydrogens is 176 g/mol. The Bertz CT molecular complexity index is 148. The molecular formula is C4S4. The Labute approximate surface area is 68.3 Å². The molecule has 1 fully saturated rings. The summed E-state index contributed by atoms with van der Waals surface area (Å²) in [5.74, 6) is 0. The maximum atomic E-state index is 4.74. The molecule has 1 saturated carbocycles. The zero-order valence-corrected chi connectivity index (χ0v) is 6.90. The van der Waals surface area contributed by atoms with E-state index >= 15 is 0 Å². The molecule has 0 N–H and O–H groups in total. The molecule has 8 heavy (non-hydrogen) atoms. The van der Waals surface area contributed by atoms with Crippen LogP contribution in [0.3, 0.4) is 0 Å². The van der Waals surface area contributed by atoms with E-state index in [0.717, 1.165) is 0 Å². The molecule has 0 unspecified atom stereocenters. The van der Waals surface area contributed by atoms with Gasteiger partial charge in [-0.15, -0.1) is 0 Å². The lowest BCUT2D eigenvalue weighted by molar-refractivity contribution is 2.90. The van der Waals surface area contributed by atoms with E-state index in [4.69, 9.17) is 48.9 Å². The van der Waals surface area contributed by atoms with Gasteiger partial charge in [-0.05, 0) is 0 Å². The third-order valence-electron chi connectivity index (χ3n) is 0.825. The highest BCUT2D eigenvalue weighted by molar-refractivity contribution is 8.07. The number of hydrogen-bond acceptors (Lipinski definition) is 4. The predicted molar refractivity (Wildman–Crippen MR) is 50.4 cm³/mol. The van der Waals surface area contributed by atoms with Crippen LogP contribution in [0.4, 0.5) is 0 Å². The van der Waals surface area contributed by atoms with Crippen LogP contribution in [0.15, 0.2) is 0 Å². The van der Waals surface area contributed by atoms with Crippen molar-refractivity contribution in [1.29, 1.82) is 0 Å². The standard InChI is InChI=1S/C4S4/c5-1-2(6)4(8)3(1)7. The van der Waals surface area contributed by atoms with Crippen LogP contribution < -0.4 is 0 Å². The van der Waals surface area contributed by atoms with Gasteiger partial charge in [-0.25, -0.2) is 0 Å². The molecule has 0 nitrogen and oxygen atoms in total. The molecule has 40 valence electrons. The van der Waals surface area contributed by atoms with Gasteiger partial charge in [-0.1, -0.05) is 48.9 Å². The summed E-state index contributed by atoms with van der Waals surface area (Å²) in [5.41, 5.74) is 0. The largest absolute Gasteiger partial charge is 0.0768 e. The molecule has 4 heteroatoms. The average molecular weight is 176 g/mol. The maximum Gasteiger partial charge on any atom is 0.0768 e.